The molecule has 0 bridgehead atoms. The molecule has 9 nitrogen and oxygen atoms in total. The van der Waals surface area contributed by atoms with Gasteiger partial charge in [0.1, 0.15) is 17.2 Å². The standard InChI is InChI=1S/C21H21FN4O5/c1-2-5-26-18-16(20(28)25-21(26)29)8-13(9-24-18)19(27)23-4-3-12-6-15(22)7-14-10-30-11-31-17(12)14/h6-9H,2-5,10-11H2,1H3,(H,23,27)(H,25,28,29). The number of aromatic nitrogens is 3. The fourth-order valence-electron chi connectivity index (χ4n) is 3.58. The highest BCUT2D eigenvalue weighted by Crippen LogP contribution is 2.29. The molecule has 10 heteroatoms. The number of aromatic amines is 1. The van der Waals surface area contributed by atoms with Crippen LogP contribution in [0.5, 0.6) is 5.75 Å². The maximum absolute atomic E-state index is 13.8. The first-order valence-corrected chi connectivity index (χ1v) is 9.91. The maximum Gasteiger partial charge on any atom is 0.329 e. The minimum atomic E-state index is -0.597. The lowest BCUT2D eigenvalue weighted by Crippen LogP contribution is -2.31. The van der Waals surface area contributed by atoms with E-state index in [1.54, 1.807) is 0 Å². The number of benzene rings is 1. The van der Waals surface area contributed by atoms with Crippen molar-refractivity contribution in [3.05, 3.63) is 67.7 Å². The second-order valence-electron chi connectivity index (χ2n) is 7.18. The number of ether oxygens (including phenoxy) is 2. The number of fused-ring (bicyclic) bond motifs is 2. The average molecular weight is 428 g/mol. The summed E-state index contributed by atoms with van der Waals surface area (Å²) < 4.78 is 25.9. The molecule has 0 saturated carbocycles. The molecule has 0 spiro atoms. The van der Waals surface area contributed by atoms with Crippen molar-refractivity contribution in [3.63, 3.8) is 0 Å². The van der Waals surface area contributed by atoms with Crippen molar-refractivity contribution in [1.82, 2.24) is 19.9 Å². The van der Waals surface area contributed by atoms with Crippen molar-refractivity contribution in [1.29, 1.82) is 0 Å². The zero-order valence-electron chi connectivity index (χ0n) is 16.9. The lowest BCUT2D eigenvalue weighted by atomic mass is 10.1. The Kier molecular flexibility index (Phi) is 5.81. The van der Waals surface area contributed by atoms with Gasteiger partial charge in [0.25, 0.3) is 11.5 Å². The Bertz CT molecular complexity index is 1270. The predicted octanol–water partition coefficient (Wildman–Crippen LogP) is 1.47. The minimum Gasteiger partial charge on any atom is -0.467 e. The molecule has 1 amide bonds. The van der Waals surface area contributed by atoms with Crippen LogP contribution in [0, 0.1) is 5.82 Å². The molecular weight excluding hydrogens is 407 g/mol. The molecule has 1 aliphatic heterocycles. The van der Waals surface area contributed by atoms with E-state index >= 15 is 0 Å². The number of carbonyl (C=O) groups is 1. The number of halogens is 1. The molecule has 4 rings (SSSR count). The molecule has 2 N–H and O–H groups in total. The van der Waals surface area contributed by atoms with Crippen molar-refractivity contribution in [3.8, 4) is 5.75 Å². The van der Waals surface area contributed by atoms with Gasteiger partial charge in [-0.3, -0.25) is 19.1 Å². The summed E-state index contributed by atoms with van der Waals surface area (Å²) in [6.45, 7) is 2.89. The first-order chi connectivity index (χ1) is 15.0. The van der Waals surface area contributed by atoms with Gasteiger partial charge in [0.2, 0.25) is 0 Å². The Morgan fingerprint density at radius 3 is 2.97 bits per heavy atom. The largest absolute Gasteiger partial charge is 0.467 e. The first kappa shape index (κ1) is 20.7. The van der Waals surface area contributed by atoms with Crippen LogP contribution in [0.3, 0.4) is 0 Å². The fourth-order valence-corrected chi connectivity index (χ4v) is 3.58. The summed E-state index contributed by atoms with van der Waals surface area (Å²) in [5.74, 6) is -0.253. The number of aryl methyl sites for hydroxylation is 1. The normalized spacial score (nSPS) is 13.0. The average Bonchev–Trinajstić information content (AvgIpc) is 2.76. The minimum absolute atomic E-state index is 0.0956. The SMILES string of the molecule is CCCn1c(=O)[nH]c(=O)c2cc(C(=O)NCCc3cc(F)cc4c3OCOC4)cnc21. The number of amides is 1. The lowest BCUT2D eigenvalue weighted by Gasteiger charge is -2.21. The van der Waals surface area contributed by atoms with Gasteiger partial charge in [-0.25, -0.2) is 14.2 Å². The van der Waals surface area contributed by atoms with Crippen LogP contribution in [0.4, 0.5) is 4.39 Å². The predicted molar refractivity (Wildman–Crippen MR) is 110 cm³/mol. The molecule has 3 heterocycles. The summed E-state index contributed by atoms with van der Waals surface area (Å²) in [5.41, 5.74) is 0.554. The molecule has 0 saturated heterocycles. The van der Waals surface area contributed by atoms with Crippen molar-refractivity contribution >= 4 is 16.9 Å². The van der Waals surface area contributed by atoms with Gasteiger partial charge in [0.15, 0.2) is 6.79 Å². The van der Waals surface area contributed by atoms with E-state index in [9.17, 15) is 18.8 Å². The highest BCUT2D eigenvalue weighted by atomic mass is 19.1. The molecule has 3 aromatic rings. The van der Waals surface area contributed by atoms with Gasteiger partial charge in [0, 0.05) is 24.8 Å². The van der Waals surface area contributed by atoms with Crippen molar-refractivity contribution in [2.75, 3.05) is 13.3 Å². The van der Waals surface area contributed by atoms with Crippen LogP contribution in [-0.2, 0) is 24.3 Å². The van der Waals surface area contributed by atoms with Crippen molar-refractivity contribution in [2.45, 2.75) is 32.9 Å². The summed E-state index contributed by atoms with van der Waals surface area (Å²) in [5, 5.41) is 2.90. The van der Waals surface area contributed by atoms with Gasteiger partial charge in [-0.05, 0) is 36.6 Å². The maximum atomic E-state index is 13.8. The van der Waals surface area contributed by atoms with Gasteiger partial charge in [0.05, 0.1) is 17.6 Å². The second-order valence-corrected chi connectivity index (χ2v) is 7.18. The van der Waals surface area contributed by atoms with E-state index in [0.717, 1.165) is 0 Å². The molecule has 162 valence electrons. The molecule has 0 atom stereocenters. The van der Waals surface area contributed by atoms with Crippen LogP contribution in [-0.4, -0.2) is 33.8 Å². The summed E-state index contributed by atoms with van der Waals surface area (Å²) in [6, 6.07) is 4.15. The summed E-state index contributed by atoms with van der Waals surface area (Å²) >= 11 is 0. The second kappa shape index (κ2) is 8.68. The third-order valence-corrected chi connectivity index (χ3v) is 4.97. The van der Waals surface area contributed by atoms with Gasteiger partial charge in [-0.2, -0.15) is 0 Å². The van der Waals surface area contributed by atoms with Crippen LogP contribution in [0.2, 0.25) is 0 Å². The van der Waals surface area contributed by atoms with E-state index < -0.39 is 23.0 Å². The van der Waals surface area contributed by atoms with Crippen molar-refractivity contribution in [2.24, 2.45) is 0 Å². The van der Waals surface area contributed by atoms with Crippen LogP contribution in [0.15, 0.2) is 34.0 Å². The van der Waals surface area contributed by atoms with E-state index in [0.29, 0.717) is 36.3 Å². The number of nitrogens with one attached hydrogen (secondary N) is 2. The van der Waals surface area contributed by atoms with Crippen LogP contribution >= 0.6 is 0 Å². The van der Waals surface area contributed by atoms with Crippen LogP contribution in [0.25, 0.3) is 11.0 Å². The molecule has 1 aromatic carbocycles. The monoisotopic (exact) mass is 428 g/mol. The number of hydrogen-bond acceptors (Lipinski definition) is 6. The topological polar surface area (TPSA) is 115 Å². The summed E-state index contributed by atoms with van der Waals surface area (Å²) in [7, 11) is 0. The Morgan fingerprint density at radius 2 is 2.16 bits per heavy atom. The Hall–Kier alpha value is -3.53. The lowest BCUT2D eigenvalue weighted by molar-refractivity contribution is -0.0172. The zero-order valence-corrected chi connectivity index (χ0v) is 16.9. The van der Waals surface area contributed by atoms with E-state index in [1.807, 2.05) is 6.92 Å². The van der Waals surface area contributed by atoms with Gasteiger partial charge < -0.3 is 14.8 Å². The molecule has 0 unspecified atom stereocenters. The molecule has 2 aromatic heterocycles. The highest BCUT2D eigenvalue weighted by molar-refractivity contribution is 5.96. The number of hydrogen-bond donors (Lipinski definition) is 2. The smallest absolute Gasteiger partial charge is 0.329 e. The van der Waals surface area contributed by atoms with E-state index in [4.69, 9.17) is 9.47 Å². The van der Waals surface area contributed by atoms with Crippen LogP contribution in [0.1, 0.15) is 34.8 Å². The summed E-state index contributed by atoms with van der Waals surface area (Å²) in [4.78, 5) is 43.2. The molecule has 0 radical (unpaired) electrons. The van der Waals surface area contributed by atoms with Gasteiger partial charge in [-0.1, -0.05) is 6.92 Å². The van der Waals surface area contributed by atoms with Gasteiger partial charge in [-0.15, -0.1) is 0 Å². The third-order valence-electron chi connectivity index (χ3n) is 4.97. The zero-order chi connectivity index (χ0) is 22.0. The molecule has 0 aliphatic carbocycles. The van der Waals surface area contributed by atoms with Crippen molar-refractivity contribution < 1.29 is 18.7 Å². The van der Waals surface area contributed by atoms with Gasteiger partial charge >= 0.3 is 5.69 Å². The van der Waals surface area contributed by atoms with E-state index in [-0.39, 0.29) is 36.5 Å². The first-order valence-electron chi connectivity index (χ1n) is 9.91. The van der Waals surface area contributed by atoms with E-state index in [1.165, 1.54) is 29.0 Å². The Balaban J connectivity index is 1.51. The highest BCUT2D eigenvalue weighted by Gasteiger charge is 2.17. The number of carbonyl (C=O) groups excluding carboxylic acids is 1. The molecule has 1 aliphatic rings. The number of rotatable bonds is 6. The number of nitrogens with zero attached hydrogens (tertiary/aromatic N) is 2. The fraction of sp³-hybridized carbons (Fsp3) is 0.333. The quantitative estimate of drug-likeness (QED) is 0.615. The van der Waals surface area contributed by atoms with Crippen LogP contribution < -0.4 is 21.3 Å². The van der Waals surface area contributed by atoms with E-state index in [2.05, 4.69) is 15.3 Å². The molecule has 31 heavy (non-hydrogen) atoms. The Labute approximate surface area is 175 Å². The number of H-pyrrole nitrogens is 1. The molecular formula is C21H21FN4O5. The summed E-state index contributed by atoms with van der Waals surface area (Å²) in [6.07, 6.45) is 2.36. The molecule has 0 fully saturated rings. The third kappa shape index (κ3) is 4.19. The number of pyridine rings is 1. The Morgan fingerprint density at radius 1 is 1.32 bits per heavy atom.